The molecule has 84 valence electrons. The molecule has 0 bridgehead atoms. The molecule has 0 saturated carbocycles. The molecular weight excluding hydrogens is 238 g/mol. The van der Waals surface area contributed by atoms with Crippen LogP contribution in [0.3, 0.4) is 0 Å². The Morgan fingerprint density at radius 1 is 1.00 bits per heavy atom. The highest BCUT2D eigenvalue weighted by molar-refractivity contribution is 7.80. The van der Waals surface area contributed by atoms with Gasteiger partial charge in [0, 0.05) is 34.6 Å². The minimum atomic E-state index is 0.780. The Morgan fingerprint density at radius 3 is 2.00 bits per heavy atom. The summed E-state index contributed by atoms with van der Waals surface area (Å²) in [6.45, 7) is 3.84. The zero-order chi connectivity index (χ0) is 12.0. The summed E-state index contributed by atoms with van der Waals surface area (Å²) in [5, 5.41) is 0. The predicted molar refractivity (Wildman–Crippen MR) is 70.2 cm³/mol. The van der Waals surface area contributed by atoms with Crippen LogP contribution in [0.2, 0.25) is 0 Å². The second kappa shape index (κ2) is 6.50. The Labute approximate surface area is 106 Å². The highest BCUT2D eigenvalue weighted by Gasteiger charge is 1.86. The first-order chi connectivity index (χ1) is 7.59. The van der Waals surface area contributed by atoms with Gasteiger partial charge in [-0.05, 0) is 25.5 Å². The first kappa shape index (κ1) is 13.0. The van der Waals surface area contributed by atoms with Crippen LogP contribution in [0, 0.1) is 13.8 Å². The van der Waals surface area contributed by atoms with Crippen LogP contribution in [0.25, 0.3) is 0 Å². The van der Waals surface area contributed by atoms with E-state index < -0.39 is 0 Å². The molecule has 16 heavy (non-hydrogen) atoms. The summed E-state index contributed by atoms with van der Waals surface area (Å²) >= 11 is 8.14. The van der Waals surface area contributed by atoms with Gasteiger partial charge in [-0.1, -0.05) is 0 Å². The zero-order valence-corrected chi connectivity index (χ0v) is 10.9. The van der Waals surface area contributed by atoms with E-state index in [1.807, 2.05) is 19.9 Å². The number of aromatic nitrogens is 3. The molecule has 2 aromatic rings. The van der Waals surface area contributed by atoms with E-state index in [9.17, 15) is 0 Å². The molecular formula is C11H13N3S2. The fourth-order valence-electron chi connectivity index (χ4n) is 0.841. The first-order valence-electron chi connectivity index (χ1n) is 4.67. The quantitative estimate of drug-likeness (QED) is 0.707. The lowest BCUT2D eigenvalue weighted by molar-refractivity contribution is 1.01. The smallest absolute Gasteiger partial charge is 0.125 e. The van der Waals surface area contributed by atoms with E-state index in [0.29, 0.717) is 0 Å². The average molecular weight is 251 g/mol. The second-order valence-corrected chi connectivity index (χ2v) is 4.15. The lowest BCUT2D eigenvalue weighted by Gasteiger charge is -1.91. The van der Waals surface area contributed by atoms with Crippen molar-refractivity contribution in [1.29, 1.82) is 0 Å². The Morgan fingerprint density at radius 2 is 1.62 bits per heavy atom. The van der Waals surface area contributed by atoms with Crippen LogP contribution < -0.4 is 0 Å². The monoisotopic (exact) mass is 251 g/mol. The summed E-state index contributed by atoms with van der Waals surface area (Å²) in [7, 11) is 0. The predicted octanol–water partition coefficient (Wildman–Crippen LogP) is 2.75. The fraction of sp³-hybridized carbons (Fsp3) is 0.182. The third kappa shape index (κ3) is 4.63. The van der Waals surface area contributed by atoms with Crippen LogP contribution >= 0.6 is 25.3 Å². The highest BCUT2D eigenvalue weighted by atomic mass is 32.1. The molecule has 0 fully saturated rings. The number of nitrogens with zero attached hydrogens (tertiary/aromatic N) is 3. The molecule has 0 aliphatic heterocycles. The van der Waals surface area contributed by atoms with E-state index in [1.165, 1.54) is 5.56 Å². The van der Waals surface area contributed by atoms with Crippen molar-refractivity contribution in [2.75, 3.05) is 0 Å². The molecule has 2 heterocycles. The number of hydrogen-bond acceptors (Lipinski definition) is 5. The van der Waals surface area contributed by atoms with Gasteiger partial charge in [-0.2, -0.15) is 0 Å². The number of hydrogen-bond donors (Lipinski definition) is 2. The van der Waals surface area contributed by atoms with Gasteiger partial charge in [0.2, 0.25) is 0 Å². The molecule has 0 amide bonds. The van der Waals surface area contributed by atoms with Gasteiger partial charge in [-0.3, -0.25) is 4.98 Å². The normalized spacial score (nSPS) is 9.25. The zero-order valence-electron chi connectivity index (χ0n) is 9.12. The maximum absolute atomic E-state index is 4.14. The number of thiol groups is 2. The highest BCUT2D eigenvalue weighted by Crippen LogP contribution is 2.07. The van der Waals surface area contributed by atoms with Gasteiger partial charge in [0.05, 0.1) is 0 Å². The molecule has 0 N–H and O–H groups in total. The van der Waals surface area contributed by atoms with Crippen LogP contribution in [0.4, 0.5) is 0 Å². The summed E-state index contributed by atoms with van der Waals surface area (Å²) < 4.78 is 0. The van der Waals surface area contributed by atoms with Crippen molar-refractivity contribution in [2.24, 2.45) is 0 Å². The molecule has 5 heteroatoms. The Bertz CT molecular complexity index is 401. The summed E-state index contributed by atoms with van der Waals surface area (Å²) in [6.07, 6.45) is 6.84. The molecule has 2 aromatic heterocycles. The Balaban J connectivity index is 0.000000160. The third-order valence-electron chi connectivity index (χ3n) is 1.78. The largest absolute Gasteiger partial charge is 0.264 e. The molecule has 0 aliphatic carbocycles. The van der Waals surface area contributed by atoms with Crippen molar-refractivity contribution in [3.05, 3.63) is 42.2 Å². The van der Waals surface area contributed by atoms with E-state index in [1.54, 1.807) is 24.8 Å². The minimum Gasteiger partial charge on any atom is -0.264 e. The maximum atomic E-state index is 4.14. The van der Waals surface area contributed by atoms with Gasteiger partial charge in [-0.25, -0.2) is 9.97 Å². The summed E-state index contributed by atoms with van der Waals surface area (Å²) in [5.41, 5.74) is 1.17. The van der Waals surface area contributed by atoms with Crippen LogP contribution in [0.1, 0.15) is 11.4 Å². The van der Waals surface area contributed by atoms with Crippen molar-refractivity contribution in [2.45, 2.75) is 23.6 Å². The Hall–Kier alpha value is -1.07. The lowest BCUT2D eigenvalue weighted by atomic mass is 10.3. The van der Waals surface area contributed by atoms with Crippen molar-refractivity contribution in [1.82, 2.24) is 15.0 Å². The SMILES string of the molecule is Cc1ccncc1S.Cc1ncc(S)cn1. The van der Waals surface area contributed by atoms with Crippen LogP contribution in [-0.4, -0.2) is 15.0 Å². The molecule has 0 aromatic carbocycles. The van der Waals surface area contributed by atoms with Gasteiger partial charge in [0.1, 0.15) is 5.82 Å². The lowest BCUT2D eigenvalue weighted by Crippen LogP contribution is -1.83. The van der Waals surface area contributed by atoms with Crippen molar-refractivity contribution in [3.63, 3.8) is 0 Å². The third-order valence-corrected chi connectivity index (χ3v) is 2.48. The van der Waals surface area contributed by atoms with Crippen molar-refractivity contribution in [3.8, 4) is 0 Å². The molecule has 2 rings (SSSR count). The standard InChI is InChI=1S/C6H7NS.C5H6N2S/c1-5-2-3-7-4-6(5)8;1-4-6-2-5(8)3-7-4/h2-4,8H,1H3;2-3,8H,1H3. The van der Waals surface area contributed by atoms with Gasteiger partial charge in [0.25, 0.3) is 0 Å². The topological polar surface area (TPSA) is 38.7 Å². The van der Waals surface area contributed by atoms with Crippen LogP contribution in [0.5, 0.6) is 0 Å². The molecule has 0 radical (unpaired) electrons. The Kier molecular flexibility index (Phi) is 5.28. The van der Waals surface area contributed by atoms with Crippen molar-refractivity contribution < 1.29 is 0 Å². The molecule has 0 unspecified atom stereocenters. The van der Waals surface area contributed by atoms with Gasteiger partial charge >= 0.3 is 0 Å². The number of aryl methyl sites for hydroxylation is 2. The summed E-state index contributed by atoms with van der Waals surface area (Å²) in [4.78, 5) is 13.4. The van der Waals surface area contributed by atoms with Crippen LogP contribution in [0.15, 0.2) is 40.6 Å². The second-order valence-electron chi connectivity index (χ2n) is 3.15. The van der Waals surface area contributed by atoms with E-state index >= 15 is 0 Å². The van der Waals surface area contributed by atoms with Crippen molar-refractivity contribution >= 4 is 25.3 Å². The van der Waals surface area contributed by atoms with E-state index in [-0.39, 0.29) is 0 Å². The summed E-state index contributed by atoms with van der Waals surface area (Å²) in [6, 6.07) is 1.93. The van der Waals surface area contributed by atoms with Gasteiger partial charge < -0.3 is 0 Å². The molecule has 0 aliphatic rings. The van der Waals surface area contributed by atoms with E-state index in [2.05, 4.69) is 40.2 Å². The van der Waals surface area contributed by atoms with E-state index in [4.69, 9.17) is 0 Å². The number of rotatable bonds is 0. The van der Waals surface area contributed by atoms with Crippen LogP contribution in [-0.2, 0) is 0 Å². The van der Waals surface area contributed by atoms with Gasteiger partial charge in [0.15, 0.2) is 0 Å². The molecule has 3 nitrogen and oxygen atoms in total. The fourth-order valence-corrected chi connectivity index (χ4v) is 1.10. The average Bonchev–Trinajstić information content (AvgIpc) is 2.28. The maximum Gasteiger partial charge on any atom is 0.125 e. The molecule has 0 saturated heterocycles. The van der Waals surface area contributed by atoms with Gasteiger partial charge in [-0.15, -0.1) is 25.3 Å². The molecule has 0 spiro atoms. The number of pyridine rings is 1. The minimum absolute atomic E-state index is 0.780. The first-order valence-corrected chi connectivity index (χ1v) is 5.56. The molecule has 0 atom stereocenters. The van der Waals surface area contributed by atoms with E-state index in [0.717, 1.165) is 15.6 Å². The summed E-state index contributed by atoms with van der Waals surface area (Å²) in [5.74, 6) is 0.780.